The number of fused-ring (bicyclic) bond motifs is 1. The number of carbonyl (C=O) groups excluding carboxylic acids is 1. The van der Waals surface area contributed by atoms with Crippen molar-refractivity contribution in [3.05, 3.63) is 70.3 Å². The molecule has 1 amide bonds. The first-order valence-electron chi connectivity index (χ1n) is 9.43. The normalized spacial score (nSPS) is 10.9. The van der Waals surface area contributed by atoms with Gasteiger partial charge in [0.2, 0.25) is 17.6 Å². The number of H-pyrrole nitrogens is 1. The number of nitrogens with zero attached hydrogens (tertiary/aromatic N) is 2. The second kappa shape index (κ2) is 8.20. The third kappa shape index (κ3) is 4.07. The lowest BCUT2D eigenvalue weighted by molar-refractivity contribution is -0.116. The number of carbonyl (C=O) groups is 1. The number of para-hydroxylation sites is 1. The lowest BCUT2D eigenvalue weighted by atomic mass is 10.1. The van der Waals surface area contributed by atoms with Crippen LogP contribution < -0.4 is 15.6 Å². The smallest absolute Gasteiger partial charge is 0.259 e. The van der Waals surface area contributed by atoms with Gasteiger partial charge in [-0.15, -0.1) is 0 Å². The number of nitrogens with one attached hydrogen (secondary N) is 2. The minimum atomic E-state index is -0.292. The fraction of sp³-hybridized carbons (Fsp3) is 0.182. The Bertz CT molecular complexity index is 1280. The Kier molecular flexibility index (Phi) is 5.30. The molecule has 2 aromatic carbocycles. The number of anilines is 1. The van der Waals surface area contributed by atoms with Gasteiger partial charge in [0.25, 0.3) is 5.56 Å². The highest BCUT2D eigenvalue weighted by atomic mass is 16.5. The molecule has 0 bridgehead atoms. The van der Waals surface area contributed by atoms with E-state index in [1.165, 1.54) is 0 Å². The molecule has 4 rings (SSSR count). The van der Waals surface area contributed by atoms with Gasteiger partial charge in [-0.2, -0.15) is 4.98 Å². The molecule has 4 aromatic rings. The van der Waals surface area contributed by atoms with E-state index in [0.29, 0.717) is 17.0 Å². The van der Waals surface area contributed by atoms with Crippen molar-refractivity contribution in [2.45, 2.75) is 19.8 Å². The monoisotopic (exact) mass is 404 g/mol. The Morgan fingerprint density at radius 2 is 2.03 bits per heavy atom. The van der Waals surface area contributed by atoms with Crippen LogP contribution in [0, 0.1) is 6.92 Å². The van der Waals surface area contributed by atoms with Crippen LogP contribution in [0.2, 0.25) is 0 Å². The van der Waals surface area contributed by atoms with Crippen LogP contribution >= 0.6 is 0 Å². The van der Waals surface area contributed by atoms with Crippen molar-refractivity contribution >= 4 is 22.5 Å². The molecule has 8 heteroatoms. The quantitative estimate of drug-likeness (QED) is 0.509. The molecule has 0 saturated carbocycles. The third-order valence-electron chi connectivity index (χ3n) is 4.72. The van der Waals surface area contributed by atoms with Crippen molar-refractivity contribution in [3.8, 4) is 17.1 Å². The first-order valence-corrected chi connectivity index (χ1v) is 9.43. The van der Waals surface area contributed by atoms with E-state index in [-0.39, 0.29) is 36.0 Å². The first-order chi connectivity index (χ1) is 14.5. The number of amides is 1. The number of rotatable bonds is 6. The van der Waals surface area contributed by atoms with Crippen molar-refractivity contribution in [1.29, 1.82) is 0 Å². The van der Waals surface area contributed by atoms with Crippen molar-refractivity contribution in [3.63, 3.8) is 0 Å². The highest BCUT2D eigenvalue weighted by Crippen LogP contribution is 2.20. The average molecular weight is 404 g/mol. The fourth-order valence-electron chi connectivity index (χ4n) is 3.16. The minimum absolute atomic E-state index is 0.159. The van der Waals surface area contributed by atoms with E-state index in [0.717, 1.165) is 16.5 Å². The number of methoxy groups -OCH3 is 1. The Balaban J connectivity index is 1.45. The first kappa shape index (κ1) is 19.4. The number of hydrogen-bond donors (Lipinski definition) is 2. The summed E-state index contributed by atoms with van der Waals surface area (Å²) in [5, 5.41) is 7.59. The summed E-state index contributed by atoms with van der Waals surface area (Å²) < 4.78 is 10.4. The van der Waals surface area contributed by atoms with E-state index in [2.05, 4.69) is 20.4 Å². The standard InChI is InChI=1S/C22H20N4O4/c1-13-5-3-6-14-11-17(22(28)25-20(13)14)21-24-19(30-26-21)10-9-18(27)23-15-7-4-8-16(12-15)29-2/h3-8,11-12H,9-10H2,1-2H3,(H,23,27)(H,25,28). The molecule has 8 nitrogen and oxygen atoms in total. The number of benzene rings is 2. The molecule has 0 aliphatic heterocycles. The number of aryl methyl sites for hydroxylation is 2. The largest absolute Gasteiger partial charge is 0.497 e. The lowest BCUT2D eigenvalue weighted by Gasteiger charge is -2.06. The van der Waals surface area contributed by atoms with Crippen LogP contribution in [0.4, 0.5) is 5.69 Å². The molecule has 0 atom stereocenters. The van der Waals surface area contributed by atoms with E-state index in [4.69, 9.17) is 9.26 Å². The number of aromatic amines is 1. The van der Waals surface area contributed by atoms with Gasteiger partial charge < -0.3 is 19.6 Å². The van der Waals surface area contributed by atoms with Crippen molar-refractivity contribution in [2.24, 2.45) is 0 Å². The Morgan fingerprint density at radius 1 is 1.20 bits per heavy atom. The molecule has 2 heterocycles. The predicted molar refractivity (Wildman–Crippen MR) is 113 cm³/mol. The summed E-state index contributed by atoms with van der Waals surface area (Å²) in [6, 6.07) is 14.6. The van der Waals surface area contributed by atoms with E-state index >= 15 is 0 Å². The summed E-state index contributed by atoms with van der Waals surface area (Å²) in [5.41, 5.74) is 2.43. The molecule has 2 N–H and O–H groups in total. The summed E-state index contributed by atoms with van der Waals surface area (Å²) in [7, 11) is 1.57. The highest BCUT2D eigenvalue weighted by Gasteiger charge is 2.15. The average Bonchev–Trinajstić information content (AvgIpc) is 3.21. The molecule has 0 unspecified atom stereocenters. The van der Waals surface area contributed by atoms with Crippen LogP contribution in [0.3, 0.4) is 0 Å². The Labute approximate surface area is 171 Å². The van der Waals surface area contributed by atoms with E-state index < -0.39 is 0 Å². The summed E-state index contributed by atoms with van der Waals surface area (Å²) in [5.74, 6) is 0.949. The summed E-state index contributed by atoms with van der Waals surface area (Å²) in [6.07, 6.45) is 0.416. The number of pyridine rings is 1. The summed E-state index contributed by atoms with van der Waals surface area (Å²) in [4.78, 5) is 31.8. The molecule has 0 radical (unpaired) electrons. The molecule has 152 valence electrons. The topological polar surface area (TPSA) is 110 Å². The third-order valence-corrected chi connectivity index (χ3v) is 4.72. The van der Waals surface area contributed by atoms with Gasteiger partial charge >= 0.3 is 0 Å². The lowest BCUT2D eigenvalue weighted by Crippen LogP contribution is -2.12. The van der Waals surface area contributed by atoms with Crippen LogP contribution in [0.1, 0.15) is 17.9 Å². The van der Waals surface area contributed by atoms with E-state index in [1.54, 1.807) is 37.4 Å². The fourth-order valence-corrected chi connectivity index (χ4v) is 3.16. The summed E-state index contributed by atoms with van der Waals surface area (Å²) in [6.45, 7) is 1.93. The van der Waals surface area contributed by atoms with Gasteiger partial charge in [0, 0.05) is 24.6 Å². The molecule has 0 spiro atoms. The molecule has 0 aliphatic carbocycles. The number of aromatic nitrogens is 3. The van der Waals surface area contributed by atoms with Crippen LogP contribution in [0.5, 0.6) is 5.75 Å². The Morgan fingerprint density at radius 3 is 2.87 bits per heavy atom. The van der Waals surface area contributed by atoms with Crippen LogP contribution in [0.15, 0.2) is 57.8 Å². The van der Waals surface area contributed by atoms with E-state index in [1.807, 2.05) is 25.1 Å². The zero-order chi connectivity index (χ0) is 21.1. The zero-order valence-corrected chi connectivity index (χ0v) is 16.6. The van der Waals surface area contributed by atoms with Gasteiger partial charge in [0.15, 0.2) is 0 Å². The summed E-state index contributed by atoms with van der Waals surface area (Å²) >= 11 is 0. The van der Waals surface area contributed by atoms with Gasteiger partial charge in [0.05, 0.1) is 18.2 Å². The second-order valence-corrected chi connectivity index (χ2v) is 6.84. The number of ether oxygens (including phenoxy) is 1. The number of hydrogen-bond acceptors (Lipinski definition) is 6. The van der Waals surface area contributed by atoms with Crippen molar-refractivity contribution < 1.29 is 14.1 Å². The Hall–Kier alpha value is -3.94. The second-order valence-electron chi connectivity index (χ2n) is 6.84. The van der Waals surface area contributed by atoms with Gasteiger partial charge in [-0.3, -0.25) is 9.59 Å². The predicted octanol–water partition coefficient (Wildman–Crippen LogP) is 3.47. The van der Waals surface area contributed by atoms with Crippen LogP contribution in [0.25, 0.3) is 22.3 Å². The SMILES string of the molecule is COc1cccc(NC(=O)CCc2nc(-c3cc4cccc(C)c4[nH]c3=O)no2)c1. The maximum absolute atomic E-state index is 12.5. The molecule has 2 aromatic heterocycles. The zero-order valence-electron chi connectivity index (χ0n) is 16.6. The van der Waals surface area contributed by atoms with Gasteiger partial charge in [-0.05, 0) is 36.1 Å². The molecular weight excluding hydrogens is 384 g/mol. The van der Waals surface area contributed by atoms with Crippen LogP contribution in [-0.2, 0) is 11.2 Å². The highest BCUT2D eigenvalue weighted by molar-refractivity contribution is 5.91. The maximum atomic E-state index is 12.5. The molecular formula is C22H20N4O4. The van der Waals surface area contributed by atoms with Crippen LogP contribution in [-0.4, -0.2) is 28.1 Å². The maximum Gasteiger partial charge on any atom is 0.259 e. The van der Waals surface area contributed by atoms with Crippen molar-refractivity contribution in [2.75, 3.05) is 12.4 Å². The van der Waals surface area contributed by atoms with Gasteiger partial charge in [-0.1, -0.05) is 29.4 Å². The van der Waals surface area contributed by atoms with Gasteiger partial charge in [-0.25, -0.2) is 0 Å². The molecule has 0 fully saturated rings. The molecule has 0 aliphatic rings. The molecule has 0 saturated heterocycles. The minimum Gasteiger partial charge on any atom is -0.497 e. The van der Waals surface area contributed by atoms with Gasteiger partial charge in [0.1, 0.15) is 5.75 Å². The van der Waals surface area contributed by atoms with E-state index in [9.17, 15) is 9.59 Å². The van der Waals surface area contributed by atoms with Crippen molar-refractivity contribution in [1.82, 2.24) is 15.1 Å². The molecule has 30 heavy (non-hydrogen) atoms.